The number of H-pyrrole nitrogens is 1. The summed E-state index contributed by atoms with van der Waals surface area (Å²) in [4.78, 5) is 24.4. The van der Waals surface area contributed by atoms with Crippen molar-refractivity contribution in [2.75, 3.05) is 6.61 Å². The fourth-order valence-electron chi connectivity index (χ4n) is 3.73. The zero-order valence-corrected chi connectivity index (χ0v) is 16.4. The third-order valence-corrected chi connectivity index (χ3v) is 5.30. The van der Waals surface area contributed by atoms with Gasteiger partial charge in [0, 0.05) is 35.5 Å². The van der Waals surface area contributed by atoms with Crippen LogP contribution in [0.25, 0.3) is 10.8 Å². The van der Waals surface area contributed by atoms with Crippen LogP contribution in [0.15, 0.2) is 40.2 Å². The van der Waals surface area contributed by atoms with Gasteiger partial charge in [0.25, 0.3) is 11.5 Å². The highest BCUT2D eigenvalue weighted by Crippen LogP contribution is 2.19. The van der Waals surface area contributed by atoms with Crippen molar-refractivity contribution in [2.45, 2.75) is 39.3 Å². The van der Waals surface area contributed by atoms with Crippen molar-refractivity contribution in [3.63, 3.8) is 0 Å². The summed E-state index contributed by atoms with van der Waals surface area (Å²) in [6.07, 6.45) is 4.07. The maximum absolute atomic E-state index is 12.5. The molecule has 1 amide bonds. The molecule has 2 N–H and O–H groups in total. The Morgan fingerprint density at radius 3 is 2.93 bits per heavy atom. The van der Waals surface area contributed by atoms with E-state index in [0.29, 0.717) is 10.8 Å². The number of benzene rings is 1. The molecule has 4 rings (SSSR count). The number of carbonyl (C=O) groups excluding carboxylic acids is 1. The Kier molecular flexibility index (Phi) is 5.26. The standard InChI is InChI=1S/C21H23N5O3/c1-13-10-15(14(2)26(13)12-16-6-5-9-29-16)11-22-24-21(28)19-17-7-3-4-8-18(17)20(27)25-23-19/h3-4,7-8,10-11,16H,5-6,9,12H2,1-2H3,(H,24,28)(H,25,27)/b22-11-/t16-/m0/s1. The molecule has 1 aliphatic rings. The Balaban J connectivity index is 1.50. The van der Waals surface area contributed by atoms with Gasteiger partial charge in [-0.3, -0.25) is 9.59 Å². The number of nitrogens with one attached hydrogen (secondary N) is 2. The summed E-state index contributed by atoms with van der Waals surface area (Å²) in [6, 6.07) is 8.87. The van der Waals surface area contributed by atoms with Crippen molar-refractivity contribution >= 4 is 22.9 Å². The number of rotatable bonds is 5. The molecule has 1 fully saturated rings. The van der Waals surface area contributed by atoms with E-state index in [0.717, 1.165) is 42.9 Å². The second-order valence-electron chi connectivity index (χ2n) is 7.22. The number of amides is 1. The van der Waals surface area contributed by atoms with Crippen LogP contribution in [0.1, 0.15) is 40.3 Å². The van der Waals surface area contributed by atoms with Crippen LogP contribution in [0.5, 0.6) is 0 Å². The summed E-state index contributed by atoms with van der Waals surface area (Å²) in [6.45, 7) is 5.74. The van der Waals surface area contributed by atoms with Gasteiger partial charge in [-0.05, 0) is 38.8 Å². The van der Waals surface area contributed by atoms with Crippen LogP contribution in [0, 0.1) is 13.8 Å². The molecule has 0 bridgehead atoms. The lowest BCUT2D eigenvalue weighted by atomic mass is 10.1. The van der Waals surface area contributed by atoms with Gasteiger partial charge >= 0.3 is 0 Å². The topological polar surface area (TPSA) is 101 Å². The maximum atomic E-state index is 12.5. The lowest BCUT2D eigenvalue weighted by Crippen LogP contribution is -2.22. The van der Waals surface area contributed by atoms with Gasteiger partial charge in [0.1, 0.15) is 0 Å². The van der Waals surface area contributed by atoms with Gasteiger partial charge in [-0.2, -0.15) is 10.2 Å². The summed E-state index contributed by atoms with van der Waals surface area (Å²) in [5.74, 6) is -0.484. The molecular formula is C21H23N5O3. The molecule has 1 aliphatic heterocycles. The molecule has 1 saturated heterocycles. The molecule has 150 valence electrons. The first-order chi connectivity index (χ1) is 14.0. The van der Waals surface area contributed by atoms with Gasteiger partial charge in [-0.25, -0.2) is 10.5 Å². The van der Waals surface area contributed by atoms with Crippen LogP contribution >= 0.6 is 0 Å². The van der Waals surface area contributed by atoms with Crippen LogP contribution in [-0.2, 0) is 11.3 Å². The molecule has 0 aliphatic carbocycles. The molecule has 0 unspecified atom stereocenters. The lowest BCUT2D eigenvalue weighted by Gasteiger charge is -2.14. The first-order valence-corrected chi connectivity index (χ1v) is 9.63. The second kappa shape index (κ2) is 8.00. The van der Waals surface area contributed by atoms with Crippen molar-refractivity contribution in [3.05, 3.63) is 63.3 Å². The summed E-state index contributed by atoms with van der Waals surface area (Å²) in [5, 5.41) is 11.2. The van der Waals surface area contributed by atoms with E-state index in [1.165, 1.54) is 0 Å². The van der Waals surface area contributed by atoms with Gasteiger partial charge in [-0.15, -0.1) is 0 Å². The molecule has 2 aromatic heterocycles. The molecule has 3 aromatic rings. The van der Waals surface area contributed by atoms with E-state index in [1.807, 2.05) is 19.9 Å². The highest BCUT2D eigenvalue weighted by atomic mass is 16.5. The third-order valence-electron chi connectivity index (χ3n) is 5.30. The summed E-state index contributed by atoms with van der Waals surface area (Å²) >= 11 is 0. The minimum atomic E-state index is -0.484. The first-order valence-electron chi connectivity index (χ1n) is 9.63. The van der Waals surface area contributed by atoms with E-state index < -0.39 is 5.91 Å². The van der Waals surface area contributed by atoms with E-state index in [2.05, 4.69) is 25.3 Å². The highest BCUT2D eigenvalue weighted by molar-refractivity contribution is 6.04. The van der Waals surface area contributed by atoms with Crippen LogP contribution in [0.2, 0.25) is 0 Å². The van der Waals surface area contributed by atoms with Crippen molar-refractivity contribution < 1.29 is 9.53 Å². The number of hydrazone groups is 1. The number of hydrogen-bond acceptors (Lipinski definition) is 5. The van der Waals surface area contributed by atoms with Gasteiger partial charge < -0.3 is 9.30 Å². The fourth-order valence-corrected chi connectivity index (χ4v) is 3.73. The van der Waals surface area contributed by atoms with Crippen molar-refractivity contribution in [1.82, 2.24) is 20.2 Å². The summed E-state index contributed by atoms with van der Waals surface area (Å²) in [5.41, 5.74) is 5.42. The number of ether oxygens (including phenoxy) is 1. The van der Waals surface area contributed by atoms with Crippen LogP contribution < -0.4 is 11.0 Å². The predicted octanol–water partition coefficient (Wildman–Crippen LogP) is 2.28. The van der Waals surface area contributed by atoms with Crippen molar-refractivity contribution in [3.8, 4) is 0 Å². The van der Waals surface area contributed by atoms with Gasteiger partial charge in [-0.1, -0.05) is 18.2 Å². The van der Waals surface area contributed by atoms with Crippen LogP contribution in [0.4, 0.5) is 0 Å². The molecule has 8 heteroatoms. The largest absolute Gasteiger partial charge is 0.376 e. The Bertz CT molecular complexity index is 1140. The number of fused-ring (bicyclic) bond motifs is 1. The van der Waals surface area contributed by atoms with Gasteiger partial charge in [0.2, 0.25) is 0 Å². The Morgan fingerprint density at radius 2 is 2.17 bits per heavy atom. The maximum Gasteiger partial charge on any atom is 0.292 e. The van der Waals surface area contributed by atoms with Gasteiger partial charge in [0.15, 0.2) is 5.69 Å². The summed E-state index contributed by atoms with van der Waals surface area (Å²) < 4.78 is 7.96. The normalized spacial score (nSPS) is 16.7. The van der Waals surface area contributed by atoms with Crippen LogP contribution in [-0.4, -0.2) is 39.6 Å². The summed E-state index contributed by atoms with van der Waals surface area (Å²) in [7, 11) is 0. The monoisotopic (exact) mass is 393 g/mol. The first kappa shape index (κ1) is 19.1. The van der Waals surface area contributed by atoms with Crippen LogP contribution in [0.3, 0.4) is 0 Å². The van der Waals surface area contributed by atoms with Crippen molar-refractivity contribution in [2.24, 2.45) is 5.10 Å². The number of nitrogens with zero attached hydrogens (tertiary/aromatic N) is 3. The lowest BCUT2D eigenvalue weighted by molar-refractivity contribution is 0.0950. The van der Waals surface area contributed by atoms with Crippen molar-refractivity contribution in [1.29, 1.82) is 0 Å². The number of aromatic nitrogens is 3. The highest BCUT2D eigenvalue weighted by Gasteiger charge is 2.18. The molecule has 29 heavy (non-hydrogen) atoms. The number of aromatic amines is 1. The molecule has 3 heterocycles. The molecule has 8 nitrogen and oxygen atoms in total. The minimum absolute atomic E-state index is 0.126. The fraction of sp³-hybridized carbons (Fsp3) is 0.333. The zero-order valence-electron chi connectivity index (χ0n) is 16.4. The molecule has 1 aromatic carbocycles. The number of carbonyl (C=O) groups is 1. The van der Waals surface area contributed by atoms with E-state index in [9.17, 15) is 9.59 Å². The van der Waals surface area contributed by atoms with E-state index >= 15 is 0 Å². The quantitative estimate of drug-likeness (QED) is 0.513. The second-order valence-corrected chi connectivity index (χ2v) is 7.22. The molecule has 0 radical (unpaired) electrons. The molecular weight excluding hydrogens is 370 g/mol. The third kappa shape index (κ3) is 3.84. The smallest absolute Gasteiger partial charge is 0.292 e. The molecule has 0 spiro atoms. The number of aryl methyl sites for hydroxylation is 1. The minimum Gasteiger partial charge on any atom is -0.376 e. The van der Waals surface area contributed by atoms with E-state index in [-0.39, 0.29) is 17.4 Å². The Hall–Kier alpha value is -3.26. The van der Waals surface area contributed by atoms with E-state index in [4.69, 9.17) is 4.74 Å². The average Bonchev–Trinajstić information content (AvgIpc) is 3.32. The SMILES string of the molecule is Cc1cc(/C=N\NC(=O)c2n[nH]c(=O)c3ccccc23)c(C)n1C[C@@H]1CCCO1. The number of hydrogen-bond donors (Lipinski definition) is 2. The van der Waals surface area contributed by atoms with Gasteiger partial charge in [0.05, 0.1) is 17.7 Å². The average molecular weight is 393 g/mol. The predicted molar refractivity (Wildman–Crippen MR) is 110 cm³/mol. The Morgan fingerprint density at radius 1 is 1.38 bits per heavy atom. The molecule has 0 saturated carbocycles. The Labute approximate surface area is 167 Å². The van der Waals surface area contributed by atoms with E-state index in [1.54, 1.807) is 30.5 Å². The molecule has 1 atom stereocenters. The zero-order chi connectivity index (χ0) is 20.4.